The number of sulfonamides is 1. The van der Waals surface area contributed by atoms with Crippen molar-refractivity contribution in [3.05, 3.63) is 72.9 Å². The monoisotopic (exact) mass is 453 g/mol. The van der Waals surface area contributed by atoms with Crippen LogP contribution in [0.1, 0.15) is 10.4 Å². The Morgan fingerprint density at radius 2 is 1.72 bits per heavy atom. The maximum Gasteiger partial charge on any atom is 0.340 e. The number of hydrogen-bond donors (Lipinski definition) is 2. The highest BCUT2D eigenvalue weighted by molar-refractivity contribution is 7.92. The fraction of sp³-hybridized carbons (Fsp3) is 0.0500. The first-order chi connectivity index (χ1) is 15.4. The molecule has 0 aliphatic heterocycles. The highest BCUT2D eigenvalue weighted by Crippen LogP contribution is 2.18. The van der Waals surface area contributed by atoms with Crippen LogP contribution in [0.25, 0.3) is 11.1 Å². The van der Waals surface area contributed by atoms with Gasteiger partial charge < -0.3 is 14.5 Å². The summed E-state index contributed by atoms with van der Waals surface area (Å²) in [5.74, 6) is -1.39. The molecule has 32 heavy (non-hydrogen) atoms. The Labute approximate surface area is 181 Å². The van der Waals surface area contributed by atoms with E-state index in [-0.39, 0.29) is 16.4 Å². The average Bonchev–Trinajstić information content (AvgIpc) is 3.27. The number of nitrogens with zero attached hydrogens (tertiary/aromatic N) is 3. The summed E-state index contributed by atoms with van der Waals surface area (Å²) in [7, 11) is -3.89. The molecule has 0 bridgehead atoms. The predicted molar refractivity (Wildman–Crippen MR) is 112 cm³/mol. The lowest BCUT2D eigenvalue weighted by Crippen LogP contribution is -2.21. The topological polar surface area (TPSA) is 153 Å². The fourth-order valence-electron chi connectivity index (χ4n) is 2.71. The van der Waals surface area contributed by atoms with E-state index in [1.54, 1.807) is 18.2 Å². The second kappa shape index (κ2) is 8.81. The molecule has 0 radical (unpaired) electrons. The van der Waals surface area contributed by atoms with E-state index >= 15 is 0 Å². The van der Waals surface area contributed by atoms with Gasteiger partial charge in [0.1, 0.15) is 5.52 Å². The van der Waals surface area contributed by atoms with Crippen LogP contribution in [0.4, 0.5) is 11.6 Å². The Hall–Kier alpha value is -4.32. The molecule has 0 spiro atoms. The average molecular weight is 453 g/mol. The SMILES string of the molecule is O=C(COC(=O)c1cccc2ocnc12)Nc1ccc(S(=O)(=O)Nc2ncccn2)cc1. The molecule has 0 aliphatic carbocycles. The third kappa shape index (κ3) is 4.70. The molecule has 0 fully saturated rings. The number of oxazole rings is 1. The molecule has 0 aliphatic rings. The summed E-state index contributed by atoms with van der Waals surface area (Å²) in [4.78, 5) is 35.9. The van der Waals surface area contributed by atoms with Crippen LogP contribution in [0, 0.1) is 0 Å². The molecular formula is C20H15N5O6S. The van der Waals surface area contributed by atoms with Gasteiger partial charge in [0.25, 0.3) is 15.9 Å². The molecule has 1 amide bonds. The molecule has 0 saturated heterocycles. The summed E-state index contributed by atoms with van der Waals surface area (Å²) in [6.07, 6.45) is 4.02. The van der Waals surface area contributed by atoms with Crippen LogP contribution in [0.15, 0.2) is 76.6 Å². The molecule has 11 nitrogen and oxygen atoms in total. The summed E-state index contributed by atoms with van der Waals surface area (Å²) in [6.45, 7) is -0.542. The molecule has 2 aromatic carbocycles. The van der Waals surface area contributed by atoms with Gasteiger partial charge in [-0.25, -0.2) is 32.9 Å². The minimum absolute atomic E-state index is 0.0462. The number of esters is 1. The summed E-state index contributed by atoms with van der Waals surface area (Å²) < 4.78 is 37.2. The molecular weight excluding hydrogens is 438 g/mol. The Kier molecular flexibility index (Phi) is 5.77. The van der Waals surface area contributed by atoms with E-state index in [2.05, 4.69) is 25.0 Å². The van der Waals surface area contributed by atoms with Gasteiger partial charge in [0.05, 0.1) is 10.5 Å². The number of aromatic nitrogens is 3. The first-order valence-corrected chi connectivity index (χ1v) is 10.6. The lowest BCUT2D eigenvalue weighted by molar-refractivity contribution is -0.119. The van der Waals surface area contributed by atoms with Crippen molar-refractivity contribution >= 4 is 44.6 Å². The van der Waals surface area contributed by atoms with Gasteiger partial charge in [-0.3, -0.25) is 4.79 Å². The van der Waals surface area contributed by atoms with Crippen LogP contribution >= 0.6 is 0 Å². The number of anilines is 2. The van der Waals surface area contributed by atoms with Crippen molar-refractivity contribution in [3.8, 4) is 0 Å². The number of carbonyl (C=O) groups is 2. The zero-order chi connectivity index (χ0) is 22.6. The van der Waals surface area contributed by atoms with Crippen molar-refractivity contribution in [3.63, 3.8) is 0 Å². The molecule has 2 N–H and O–H groups in total. The third-order valence-corrected chi connectivity index (χ3v) is 5.50. The standard InChI is InChI=1S/C20H15N5O6S/c26-17(11-30-19(27)15-3-1-4-16-18(15)23-12-31-16)24-13-5-7-14(8-6-13)32(28,29)25-20-21-9-2-10-22-20/h1-10,12H,11H2,(H,24,26)(H,21,22,25). The van der Waals surface area contributed by atoms with Gasteiger partial charge in [-0.05, 0) is 42.5 Å². The number of amides is 1. The van der Waals surface area contributed by atoms with E-state index in [0.717, 1.165) is 0 Å². The first kappa shape index (κ1) is 20.9. The van der Waals surface area contributed by atoms with Gasteiger partial charge >= 0.3 is 5.97 Å². The largest absolute Gasteiger partial charge is 0.452 e. The number of para-hydroxylation sites is 1. The summed E-state index contributed by atoms with van der Waals surface area (Å²) >= 11 is 0. The van der Waals surface area contributed by atoms with Gasteiger partial charge in [-0.15, -0.1) is 0 Å². The van der Waals surface area contributed by atoms with Gasteiger partial charge in [0.15, 0.2) is 18.6 Å². The smallest absolute Gasteiger partial charge is 0.340 e. The van der Waals surface area contributed by atoms with Crippen LogP contribution in [-0.2, 0) is 19.6 Å². The Morgan fingerprint density at radius 1 is 0.969 bits per heavy atom. The molecule has 12 heteroatoms. The number of carbonyl (C=O) groups excluding carboxylic acids is 2. The van der Waals surface area contributed by atoms with Crippen molar-refractivity contribution in [2.45, 2.75) is 4.90 Å². The summed E-state index contributed by atoms with van der Waals surface area (Å²) in [6, 6.07) is 11.7. The van der Waals surface area contributed by atoms with Gasteiger partial charge in [0.2, 0.25) is 5.95 Å². The van der Waals surface area contributed by atoms with Crippen molar-refractivity contribution < 1.29 is 27.2 Å². The van der Waals surface area contributed by atoms with E-state index in [0.29, 0.717) is 16.8 Å². The molecule has 4 rings (SSSR count). The Bertz CT molecular complexity index is 1370. The second-order valence-corrected chi connectivity index (χ2v) is 8.01. The van der Waals surface area contributed by atoms with E-state index < -0.39 is 28.5 Å². The fourth-order valence-corrected chi connectivity index (χ4v) is 3.66. The normalized spacial score (nSPS) is 11.1. The third-order valence-electron chi connectivity index (χ3n) is 4.15. The van der Waals surface area contributed by atoms with Crippen LogP contribution in [-0.4, -0.2) is 41.9 Å². The minimum Gasteiger partial charge on any atom is -0.452 e. The zero-order valence-electron chi connectivity index (χ0n) is 16.3. The molecule has 0 saturated carbocycles. The van der Waals surface area contributed by atoms with E-state index in [9.17, 15) is 18.0 Å². The number of nitrogens with one attached hydrogen (secondary N) is 2. The predicted octanol–water partition coefficient (Wildman–Crippen LogP) is 2.21. The van der Waals surface area contributed by atoms with E-state index in [1.165, 1.54) is 49.1 Å². The van der Waals surface area contributed by atoms with Gasteiger partial charge in [0, 0.05) is 18.1 Å². The zero-order valence-corrected chi connectivity index (χ0v) is 17.1. The second-order valence-electron chi connectivity index (χ2n) is 6.33. The number of rotatable bonds is 7. The van der Waals surface area contributed by atoms with Crippen molar-refractivity contribution in [2.24, 2.45) is 0 Å². The highest BCUT2D eigenvalue weighted by Gasteiger charge is 2.17. The first-order valence-electron chi connectivity index (χ1n) is 9.11. The van der Waals surface area contributed by atoms with Crippen LogP contribution < -0.4 is 10.0 Å². The molecule has 2 heterocycles. The van der Waals surface area contributed by atoms with E-state index in [1.807, 2.05) is 0 Å². The van der Waals surface area contributed by atoms with Gasteiger partial charge in [-0.2, -0.15) is 0 Å². The maximum absolute atomic E-state index is 12.4. The number of ether oxygens (including phenoxy) is 1. The number of fused-ring (bicyclic) bond motifs is 1. The Balaban J connectivity index is 1.34. The molecule has 4 aromatic rings. The lowest BCUT2D eigenvalue weighted by Gasteiger charge is -2.09. The summed E-state index contributed by atoms with van der Waals surface area (Å²) in [5, 5.41) is 2.52. The Morgan fingerprint density at radius 3 is 2.47 bits per heavy atom. The molecule has 162 valence electrons. The highest BCUT2D eigenvalue weighted by atomic mass is 32.2. The maximum atomic E-state index is 12.4. The van der Waals surface area contributed by atoms with Crippen molar-refractivity contribution in [1.29, 1.82) is 0 Å². The number of hydrogen-bond acceptors (Lipinski definition) is 9. The van der Waals surface area contributed by atoms with Crippen LogP contribution in [0.2, 0.25) is 0 Å². The summed E-state index contributed by atoms with van der Waals surface area (Å²) in [5.41, 5.74) is 1.25. The van der Waals surface area contributed by atoms with Crippen molar-refractivity contribution in [1.82, 2.24) is 15.0 Å². The van der Waals surface area contributed by atoms with Gasteiger partial charge in [-0.1, -0.05) is 6.07 Å². The number of benzene rings is 2. The lowest BCUT2D eigenvalue weighted by atomic mass is 10.2. The minimum atomic E-state index is -3.89. The van der Waals surface area contributed by atoms with Crippen LogP contribution in [0.5, 0.6) is 0 Å². The van der Waals surface area contributed by atoms with Crippen LogP contribution in [0.3, 0.4) is 0 Å². The van der Waals surface area contributed by atoms with E-state index in [4.69, 9.17) is 9.15 Å². The van der Waals surface area contributed by atoms with Crippen molar-refractivity contribution in [2.75, 3.05) is 16.6 Å². The quantitative estimate of drug-likeness (QED) is 0.401. The molecule has 2 aromatic heterocycles. The molecule has 0 unspecified atom stereocenters. The molecule has 0 atom stereocenters.